The van der Waals surface area contributed by atoms with Crippen LogP contribution in [0, 0.1) is 0 Å². The minimum atomic E-state index is -0.676. The summed E-state index contributed by atoms with van der Waals surface area (Å²) in [5.41, 5.74) is 1.00. The van der Waals surface area contributed by atoms with Gasteiger partial charge in [0.05, 0.1) is 13.2 Å². The Bertz CT molecular complexity index is 317. The van der Waals surface area contributed by atoms with Gasteiger partial charge in [-0.2, -0.15) is 0 Å². The van der Waals surface area contributed by atoms with Crippen LogP contribution in [0.3, 0.4) is 0 Å². The summed E-state index contributed by atoms with van der Waals surface area (Å²) >= 11 is 0. The molecule has 0 aliphatic carbocycles. The first-order valence-corrected chi connectivity index (χ1v) is 4.93. The van der Waals surface area contributed by atoms with Crippen molar-refractivity contribution < 1.29 is 14.3 Å². The highest BCUT2D eigenvalue weighted by atomic mass is 16.8. The number of hydrogen-bond donors (Lipinski definition) is 1. The third-order valence-electron chi connectivity index (χ3n) is 2.52. The lowest BCUT2D eigenvalue weighted by atomic mass is 10.1. The third kappa shape index (κ3) is 2.18. The highest BCUT2D eigenvalue weighted by molar-refractivity contribution is 5.20. The first kappa shape index (κ1) is 10.6. The molecule has 1 aromatic rings. The molecule has 1 heterocycles. The fraction of sp³-hybridized carbons (Fsp3) is 0.455. The molecule has 1 aromatic carbocycles. The van der Waals surface area contributed by atoms with Crippen LogP contribution in [0.15, 0.2) is 30.3 Å². The molecule has 0 spiro atoms. The van der Waals surface area contributed by atoms with E-state index in [2.05, 4.69) is 4.84 Å². The number of hydrogen-bond acceptors (Lipinski definition) is 4. The van der Waals surface area contributed by atoms with Crippen molar-refractivity contribution in [2.24, 2.45) is 5.90 Å². The van der Waals surface area contributed by atoms with Crippen molar-refractivity contribution in [3.63, 3.8) is 0 Å². The molecule has 4 nitrogen and oxygen atoms in total. The molecular formula is C11H15NO3. The van der Waals surface area contributed by atoms with Gasteiger partial charge in [0, 0.05) is 5.56 Å². The fourth-order valence-corrected chi connectivity index (χ4v) is 1.72. The monoisotopic (exact) mass is 209 g/mol. The Kier molecular flexibility index (Phi) is 3.02. The van der Waals surface area contributed by atoms with Gasteiger partial charge in [-0.25, -0.2) is 5.90 Å². The first-order chi connectivity index (χ1) is 7.24. The van der Waals surface area contributed by atoms with E-state index in [0.29, 0.717) is 13.2 Å². The maximum atomic E-state index is 5.75. The van der Waals surface area contributed by atoms with Crippen LogP contribution in [0.5, 0.6) is 0 Å². The molecule has 0 aromatic heterocycles. The highest BCUT2D eigenvalue weighted by Gasteiger charge is 2.38. The fourth-order valence-electron chi connectivity index (χ4n) is 1.72. The van der Waals surface area contributed by atoms with E-state index >= 15 is 0 Å². The molecule has 0 saturated carbocycles. The van der Waals surface area contributed by atoms with E-state index in [0.717, 1.165) is 5.56 Å². The molecule has 0 amide bonds. The smallest absolute Gasteiger partial charge is 0.192 e. The Balaban J connectivity index is 2.10. The van der Waals surface area contributed by atoms with Crippen LogP contribution in [0.25, 0.3) is 0 Å². The number of nitrogens with two attached hydrogens (primary N) is 1. The van der Waals surface area contributed by atoms with E-state index < -0.39 is 5.79 Å². The van der Waals surface area contributed by atoms with E-state index in [9.17, 15) is 0 Å². The summed E-state index contributed by atoms with van der Waals surface area (Å²) in [5, 5.41) is 0. The van der Waals surface area contributed by atoms with Crippen molar-refractivity contribution >= 4 is 0 Å². The quantitative estimate of drug-likeness (QED) is 0.759. The van der Waals surface area contributed by atoms with Gasteiger partial charge in [0.25, 0.3) is 0 Å². The third-order valence-corrected chi connectivity index (χ3v) is 2.52. The zero-order valence-corrected chi connectivity index (χ0v) is 8.68. The molecule has 1 aliphatic heterocycles. The minimum absolute atomic E-state index is 0.0970. The first-order valence-electron chi connectivity index (χ1n) is 4.93. The maximum absolute atomic E-state index is 5.75. The van der Waals surface area contributed by atoms with Crippen LogP contribution in [0.1, 0.15) is 12.5 Å². The summed E-state index contributed by atoms with van der Waals surface area (Å²) in [6.07, 6.45) is -0.0970. The molecule has 2 rings (SSSR count). The second kappa shape index (κ2) is 4.28. The van der Waals surface area contributed by atoms with Gasteiger partial charge in [0.15, 0.2) is 5.79 Å². The molecule has 2 N–H and O–H groups in total. The molecule has 1 aliphatic rings. The van der Waals surface area contributed by atoms with Crippen LogP contribution in [0.2, 0.25) is 0 Å². The average molecular weight is 209 g/mol. The zero-order valence-electron chi connectivity index (χ0n) is 8.68. The van der Waals surface area contributed by atoms with Crippen molar-refractivity contribution in [2.45, 2.75) is 18.8 Å². The summed E-state index contributed by atoms with van der Waals surface area (Å²) in [4.78, 5) is 4.55. The van der Waals surface area contributed by atoms with Crippen LogP contribution in [-0.4, -0.2) is 19.3 Å². The Morgan fingerprint density at radius 1 is 1.47 bits per heavy atom. The molecule has 4 heteroatoms. The van der Waals surface area contributed by atoms with Gasteiger partial charge >= 0.3 is 0 Å². The van der Waals surface area contributed by atoms with Crippen molar-refractivity contribution in [3.05, 3.63) is 35.9 Å². The zero-order chi connectivity index (χ0) is 10.7. The molecule has 15 heavy (non-hydrogen) atoms. The lowest BCUT2D eigenvalue weighted by Gasteiger charge is -2.23. The second-order valence-electron chi connectivity index (χ2n) is 3.70. The van der Waals surface area contributed by atoms with E-state index in [1.807, 2.05) is 37.3 Å². The van der Waals surface area contributed by atoms with Crippen molar-refractivity contribution in [1.82, 2.24) is 0 Å². The predicted molar refractivity (Wildman–Crippen MR) is 54.8 cm³/mol. The van der Waals surface area contributed by atoms with Gasteiger partial charge in [-0.05, 0) is 6.92 Å². The molecule has 1 saturated heterocycles. The van der Waals surface area contributed by atoms with Gasteiger partial charge in [-0.1, -0.05) is 30.3 Å². The van der Waals surface area contributed by atoms with E-state index in [4.69, 9.17) is 15.4 Å². The Morgan fingerprint density at radius 2 is 2.20 bits per heavy atom. The molecule has 1 fully saturated rings. The SMILES string of the molecule is CC1(c2ccccc2)OCC(CON)O1. The molecule has 0 bridgehead atoms. The Hall–Kier alpha value is -0.940. The number of rotatable bonds is 3. The van der Waals surface area contributed by atoms with Crippen molar-refractivity contribution in [2.75, 3.05) is 13.2 Å². The van der Waals surface area contributed by atoms with Crippen LogP contribution < -0.4 is 5.90 Å². The van der Waals surface area contributed by atoms with Crippen molar-refractivity contribution in [1.29, 1.82) is 0 Å². The van der Waals surface area contributed by atoms with Gasteiger partial charge < -0.3 is 14.3 Å². The van der Waals surface area contributed by atoms with Crippen LogP contribution >= 0.6 is 0 Å². The molecule has 82 valence electrons. The van der Waals surface area contributed by atoms with Crippen LogP contribution in [0.4, 0.5) is 0 Å². The Morgan fingerprint density at radius 3 is 2.87 bits per heavy atom. The maximum Gasteiger partial charge on any atom is 0.192 e. The second-order valence-corrected chi connectivity index (χ2v) is 3.70. The minimum Gasteiger partial charge on any atom is -0.343 e. The van der Waals surface area contributed by atoms with E-state index in [1.54, 1.807) is 0 Å². The molecule has 2 unspecified atom stereocenters. The van der Waals surface area contributed by atoms with Crippen molar-refractivity contribution in [3.8, 4) is 0 Å². The lowest BCUT2D eigenvalue weighted by Crippen LogP contribution is -2.26. The summed E-state index contributed by atoms with van der Waals surface area (Å²) in [5.74, 6) is 4.32. The lowest BCUT2D eigenvalue weighted by molar-refractivity contribution is -0.167. The van der Waals surface area contributed by atoms with E-state index in [1.165, 1.54) is 0 Å². The number of ether oxygens (including phenoxy) is 2. The predicted octanol–water partition coefficient (Wildman–Crippen LogP) is 1.17. The van der Waals surface area contributed by atoms with E-state index in [-0.39, 0.29) is 6.10 Å². The molecule has 0 radical (unpaired) electrons. The number of benzene rings is 1. The largest absolute Gasteiger partial charge is 0.343 e. The summed E-state index contributed by atoms with van der Waals surface area (Å²) in [6.45, 7) is 2.75. The summed E-state index contributed by atoms with van der Waals surface area (Å²) < 4.78 is 11.4. The van der Waals surface area contributed by atoms with Gasteiger partial charge in [-0.15, -0.1) is 0 Å². The Labute approximate surface area is 88.9 Å². The summed E-state index contributed by atoms with van der Waals surface area (Å²) in [6, 6.07) is 9.83. The molecule has 2 atom stereocenters. The average Bonchev–Trinajstić information content (AvgIpc) is 2.64. The van der Waals surface area contributed by atoms with Gasteiger partial charge in [0.2, 0.25) is 0 Å². The summed E-state index contributed by atoms with van der Waals surface area (Å²) in [7, 11) is 0. The highest BCUT2D eigenvalue weighted by Crippen LogP contribution is 2.33. The normalized spacial score (nSPS) is 30.7. The van der Waals surface area contributed by atoms with Crippen LogP contribution in [-0.2, 0) is 20.1 Å². The van der Waals surface area contributed by atoms with Gasteiger partial charge in [-0.3, -0.25) is 0 Å². The standard InChI is InChI=1S/C11H15NO3/c1-11(9-5-3-2-4-6-9)13-7-10(15-11)8-14-12/h2-6,10H,7-8,12H2,1H3. The van der Waals surface area contributed by atoms with Gasteiger partial charge in [0.1, 0.15) is 6.10 Å². The topological polar surface area (TPSA) is 53.7 Å². The molecular weight excluding hydrogens is 194 g/mol.